The zero-order valence-corrected chi connectivity index (χ0v) is 16.5. The number of ether oxygens (including phenoxy) is 1. The van der Waals surface area contributed by atoms with Gasteiger partial charge in [-0.3, -0.25) is 14.8 Å². The Labute approximate surface area is 173 Å². The van der Waals surface area contributed by atoms with E-state index in [0.29, 0.717) is 44.9 Å². The molecule has 1 aliphatic heterocycles. The van der Waals surface area contributed by atoms with Crippen molar-refractivity contribution in [1.29, 1.82) is 0 Å². The number of alkyl halides is 3. The van der Waals surface area contributed by atoms with E-state index >= 15 is 0 Å². The van der Waals surface area contributed by atoms with Gasteiger partial charge in [-0.1, -0.05) is 0 Å². The van der Waals surface area contributed by atoms with Gasteiger partial charge in [0, 0.05) is 22.2 Å². The van der Waals surface area contributed by atoms with Crippen molar-refractivity contribution in [3.05, 3.63) is 47.8 Å². The van der Waals surface area contributed by atoms with E-state index in [4.69, 9.17) is 4.74 Å². The lowest BCUT2D eigenvalue weighted by Crippen LogP contribution is -2.51. The second kappa shape index (κ2) is 6.58. The third-order valence-corrected chi connectivity index (χ3v) is 5.43. The quantitative estimate of drug-likeness (QED) is 0.481. The highest BCUT2D eigenvalue weighted by molar-refractivity contribution is 5.97. The van der Waals surface area contributed by atoms with Crippen LogP contribution in [0.25, 0.3) is 33.5 Å². The van der Waals surface area contributed by atoms with Crippen LogP contribution in [0.3, 0.4) is 0 Å². The highest BCUT2D eigenvalue weighted by Crippen LogP contribution is 2.43. The molecule has 0 saturated heterocycles. The summed E-state index contributed by atoms with van der Waals surface area (Å²) in [5, 5.41) is 12.0. The van der Waals surface area contributed by atoms with Crippen LogP contribution in [-0.4, -0.2) is 41.7 Å². The number of halogens is 4. The summed E-state index contributed by atoms with van der Waals surface area (Å²) in [6.45, 7) is 1.98. The summed E-state index contributed by atoms with van der Waals surface area (Å²) >= 11 is 0. The average molecular weight is 432 g/mol. The predicted molar refractivity (Wildman–Crippen MR) is 102 cm³/mol. The summed E-state index contributed by atoms with van der Waals surface area (Å²) < 4.78 is 60.8. The molecule has 5 rings (SSSR count). The van der Waals surface area contributed by atoms with Gasteiger partial charge < -0.3 is 4.74 Å². The highest BCUT2D eigenvalue weighted by atomic mass is 19.4. The molecule has 0 radical (unpaired) electrons. The molecule has 160 valence electrons. The minimum absolute atomic E-state index is 0.305. The van der Waals surface area contributed by atoms with Gasteiger partial charge >= 0.3 is 6.18 Å². The van der Waals surface area contributed by atoms with Gasteiger partial charge in [0.25, 0.3) is 0 Å². The number of nitrogens with one attached hydrogen (secondary N) is 1. The van der Waals surface area contributed by atoms with Crippen LogP contribution < -0.4 is 0 Å². The van der Waals surface area contributed by atoms with E-state index in [2.05, 4.69) is 25.3 Å². The van der Waals surface area contributed by atoms with Crippen LogP contribution in [0.4, 0.5) is 17.6 Å². The number of fused-ring (bicyclic) bond motifs is 2. The Morgan fingerprint density at radius 2 is 2.03 bits per heavy atom. The van der Waals surface area contributed by atoms with Crippen molar-refractivity contribution < 1.29 is 22.3 Å². The van der Waals surface area contributed by atoms with Crippen LogP contribution in [0.15, 0.2) is 30.6 Å². The number of rotatable bonds is 2. The Balaban J connectivity index is 1.77. The average Bonchev–Trinajstić information content (AvgIpc) is 3.31. The smallest absolute Gasteiger partial charge is 0.358 e. The molecule has 1 aliphatic rings. The van der Waals surface area contributed by atoms with Crippen molar-refractivity contribution in [3.63, 3.8) is 0 Å². The molecule has 1 N–H and O–H groups in total. The number of aryl methyl sites for hydroxylation is 1. The van der Waals surface area contributed by atoms with E-state index in [1.807, 2.05) is 0 Å². The fourth-order valence-corrected chi connectivity index (χ4v) is 3.75. The molecule has 0 amide bonds. The number of hydrogen-bond donors (Lipinski definition) is 1. The zero-order chi connectivity index (χ0) is 22.0. The molecule has 7 nitrogen and oxygen atoms in total. The first kappa shape index (κ1) is 19.6. The molecule has 0 saturated carbocycles. The van der Waals surface area contributed by atoms with Gasteiger partial charge in [0.15, 0.2) is 11.2 Å². The first-order valence-corrected chi connectivity index (χ1v) is 9.40. The van der Waals surface area contributed by atoms with Gasteiger partial charge in [0.2, 0.25) is 0 Å². The predicted octanol–water partition coefficient (Wildman–Crippen LogP) is 4.18. The Kier molecular flexibility index (Phi) is 4.16. The van der Waals surface area contributed by atoms with Gasteiger partial charge in [-0.15, -0.1) is 0 Å². The number of nitrogens with zero attached hydrogens (tertiary/aromatic N) is 5. The van der Waals surface area contributed by atoms with Gasteiger partial charge in [0.05, 0.1) is 36.9 Å². The van der Waals surface area contributed by atoms with Crippen molar-refractivity contribution in [3.8, 4) is 22.5 Å². The Morgan fingerprint density at radius 3 is 2.74 bits per heavy atom. The van der Waals surface area contributed by atoms with Crippen LogP contribution in [-0.2, 0) is 17.9 Å². The van der Waals surface area contributed by atoms with Crippen molar-refractivity contribution in [1.82, 2.24) is 29.9 Å². The standard InChI is InChI=1S/C20H16F4N6O/c1-10-5-12(13-7-26-28-18(13)27-10)16-15-8-31-19(2,20(22,23)24)9-30(15)29-17(16)14-4-3-11(21)6-25-14/h3-7H,8-9H2,1-2H3,(H,26,27,28)/t19-/m1/s1. The second-order valence-corrected chi connectivity index (χ2v) is 7.65. The van der Waals surface area contributed by atoms with Crippen LogP contribution in [0.1, 0.15) is 18.3 Å². The van der Waals surface area contributed by atoms with Crippen LogP contribution in [0.2, 0.25) is 0 Å². The Bertz CT molecular complexity index is 1290. The monoisotopic (exact) mass is 432 g/mol. The third kappa shape index (κ3) is 3.07. The fraction of sp³-hybridized carbons (Fsp3) is 0.300. The number of aromatic amines is 1. The largest absolute Gasteiger partial charge is 0.419 e. The summed E-state index contributed by atoms with van der Waals surface area (Å²) in [6, 6.07) is 4.48. The first-order chi connectivity index (χ1) is 14.7. The molecule has 31 heavy (non-hydrogen) atoms. The zero-order valence-electron chi connectivity index (χ0n) is 16.5. The molecule has 4 aromatic rings. The van der Waals surface area contributed by atoms with E-state index in [0.717, 1.165) is 13.1 Å². The maximum atomic E-state index is 13.6. The van der Waals surface area contributed by atoms with Crippen molar-refractivity contribution >= 4 is 11.0 Å². The maximum absolute atomic E-state index is 13.6. The number of aromatic nitrogens is 6. The molecule has 1 atom stereocenters. The highest BCUT2D eigenvalue weighted by Gasteiger charge is 2.55. The summed E-state index contributed by atoms with van der Waals surface area (Å²) in [4.78, 5) is 8.50. The van der Waals surface area contributed by atoms with Crippen molar-refractivity contribution in [2.45, 2.75) is 38.8 Å². The third-order valence-electron chi connectivity index (χ3n) is 5.43. The number of pyridine rings is 2. The van der Waals surface area contributed by atoms with Crippen molar-refractivity contribution in [2.24, 2.45) is 0 Å². The molecule has 0 fully saturated rings. The minimum atomic E-state index is -4.57. The lowest BCUT2D eigenvalue weighted by molar-refractivity contribution is -0.287. The second-order valence-electron chi connectivity index (χ2n) is 7.65. The van der Waals surface area contributed by atoms with Crippen molar-refractivity contribution in [2.75, 3.05) is 0 Å². The normalized spacial score (nSPS) is 19.0. The van der Waals surface area contributed by atoms with Gasteiger partial charge in [-0.25, -0.2) is 9.37 Å². The maximum Gasteiger partial charge on any atom is 0.419 e. The van der Waals surface area contributed by atoms with Crippen LogP contribution in [0.5, 0.6) is 0 Å². The molecule has 5 heterocycles. The molecule has 0 spiro atoms. The molecule has 4 aromatic heterocycles. The molecule has 0 bridgehead atoms. The number of hydrogen-bond acceptors (Lipinski definition) is 5. The Morgan fingerprint density at radius 1 is 1.23 bits per heavy atom. The molecule has 0 unspecified atom stereocenters. The minimum Gasteiger partial charge on any atom is -0.358 e. The first-order valence-electron chi connectivity index (χ1n) is 9.40. The summed E-state index contributed by atoms with van der Waals surface area (Å²) in [6.07, 6.45) is -1.94. The topological polar surface area (TPSA) is 81.5 Å². The van der Waals surface area contributed by atoms with Crippen LogP contribution >= 0.6 is 0 Å². The lowest BCUT2D eigenvalue weighted by atomic mass is 9.97. The van der Waals surface area contributed by atoms with Gasteiger partial charge in [-0.2, -0.15) is 23.4 Å². The SMILES string of the molecule is Cc1cc(-c2c(-c3ccc(F)cn3)nn3c2CO[C@@](C)(C(F)(F)F)C3)c2cn[nH]c2n1. The van der Waals surface area contributed by atoms with E-state index in [9.17, 15) is 17.6 Å². The van der Waals surface area contributed by atoms with Crippen LogP contribution in [0, 0.1) is 12.7 Å². The molecule has 11 heteroatoms. The van der Waals surface area contributed by atoms with Gasteiger partial charge in [-0.05, 0) is 32.0 Å². The van der Waals surface area contributed by atoms with E-state index < -0.39 is 24.1 Å². The lowest BCUT2D eigenvalue weighted by Gasteiger charge is -2.36. The molecule has 0 aliphatic carbocycles. The van der Waals surface area contributed by atoms with E-state index in [1.54, 1.807) is 19.2 Å². The summed E-state index contributed by atoms with van der Waals surface area (Å²) in [7, 11) is 0. The molecular formula is C20H16F4N6O. The Hall–Kier alpha value is -3.34. The summed E-state index contributed by atoms with van der Waals surface area (Å²) in [5.41, 5.74) is 1.20. The molecule has 0 aromatic carbocycles. The van der Waals surface area contributed by atoms with E-state index in [-0.39, 0.29) is 6.61 Å². The van der Waals surface area contributed by atoms with Gasteiger partial charge in [0.1, 0.15) is 11.5 Å². The fourth-order valence-electron chi connectivity index (χ4n) is 3.75. The summed E-state index contributed by atoms with van der Waals surface area (Å²) in [5.74, 6) is -0.528. The van der Waals surface area contributed by atoms with E-state index in [1.165, 1.54) is 16.8 Å². The number of H-pyrrole nitrogens is 1. The molecular weight excluding hydrogens is 416 g/mol.